The Morgan fingerprint density at radius 2 is 2.00 bits per heavy atom. The van der Waals surface area contributed by atoms with Gasteiger partial charge < -0.3 is 15.0 Å². The molecule has 0 saturated carbocycles. The van der Waals surface area contributed by atoms with Crippen LogP contribution in [0, 0.1) is 0 Å². The molecule has 0 unspecified atom stereocenters. The van der Waals surface area contributed by atoms with Crippen molar-refractivity contribution >= 4 is 18.1 Å². The summed E-state index contributed by atoms with van der Waals surface area (Å²) in [5, 5.41) is 2.78. The van der Waals surface area contributed by atoms with Crippen molar-refractivity contribution in [2.75, 3.05) is 11.9 Å². The third-order valence-corrected chi connectivity index (χ3v) is 2.58. The Hall–Kier alpha value is -2.56. The molecule has 0 radical (unpaired) electrons. The average Bonchev–Trinajstić information content (AvgIpc) is 2.89. The summed E-state index contributed by atoms with van der Waals surface area (Å²) in [6.45, 7) is 0.704. The van der Waals surface area contributed by atoms with E-state index in [9.17, 15) is 9.59 Å². The summed E-state index contributed by atoms with van der Waals surface area (Å²) < 4.78 is 4.60. The number of H-pyrrole nitrogens is 1. The van der Waals surface area contributed by atoms with Gasteiger partial charge in [-0.25, -0.2) is 0 Å². The highest BCUT2D eigenvalue weighted by Gasteiger charge is 2.08. The highest BCUT2D eigenvalue weighted by molar-refractivity contribution is 6.02. The monoisotopic (exact) mass is 258 g/mol. The number of rotatable bonds is 6. The van der Waals surface area contributed by atoms with Gasteiger partial charge >= 0.3 is 0 Å². The molecular formula is C14H14N2O3. The van der Waals surface area contributed by atoms with Crippen molar-refractivity contribution in [2.24, 2.45) is 0 Å². The summed E-state index contributed by atoms with van der Waals surface area (Å²) in [5.41, 5.74) is 2.07. The molecule has 1 heterocycles. The number of hydrogen-bond acceptors (Lipinski definition) is 3. The molecule has 0 bridgehead atoms. The van der Waals surface area contributed by atoms with Crippen LogP contribution in [-0.2, 0) is 16.0 Å². The molecule has 2 aromatic rings. The Balaban J connectivity index is 1.94. The minimum Gasteiger partial charge on any atom is -0.467 e. The molecule has 0 saturated heterocycles. The molecule has 0 atom stereocenters. The molecule has 0 fully saturated rings. The van der Waals surface area contributed by atoms with Crippen LogP contribution in [-0.4, -0.2) is 24.0 Å². The van der Waals surface area contributed by atoms with Crippen molar-refractivity contribution in [3.05, 3.63) is 53.9 Å². The van der Waals surface area contributed by atoms with E-state index in [-0.39, 0.29) is 5.91 Å². The fourth-order valence-electron chi connectivity index (χ4n) is 1.66. The molecule has 1 aromatic heterocycles. The number of aromatic nitrogens is 1. The van der Waals surface area contributed by atoms with E-state index in [4.69, 9.17) is 0 Å². The van der Waals surface area contributed by atoms with Crippen LogP contribution in [0.3, 0.4) is 0 Å². The highest BCUT2D eigenvalue weighted by atomic mass is 16.5. The van der Waals surface area contributed by atoms with Crippen LogP contribution in [0.1, 0.15) is 16.2 Å². The fraction of sp³-hybridized carbons (Fsp3) is 0.143. The smallest absolute Gasteiger partial charge is 0.293 e. The van der Waals surface area contributed by atoms with Gasteiger partial charge in [0.1, 0.15) is 5.69 Å². The lowest BCUT2D eigenvalue weighted by Gasteiger charge is -2.03. The Labute approximate surface area is 110 Å². The quantitative estimate of drug-likeness (QED) is 0.614. The molecule has 0 aliphatic rings. The van der Waals surface area contributed by atoms with Crippen LogP contribution >= 0.6 is 0 Å². The van der Waals surface area contributed by atoms with E-state index >= 15 is 0 Å². The van der Waals surface area contributed by atoms with Crippen LogP contribution in [0.15, 0.2) is 42.5 Å². The maximum absolute atomic E-state index is 11.9. The predicted octanol–water partition coefficient (Wildman–Crippen LogP) is 1.98. The number of ether oxygens (including phenoxy) is 1. The van der Waals surface area contributed by atoms with E-state index in [0.717, 1.165) is 11.4 Å². The lowest BCUT2D eigenvalue weighted by molar-refractivity contribution is -0.128. The summed E-state index contributed by atoms with van der Waals surface area (Å²) in [6, 6.07) is 12.7. The van der Waals surface area contributed by atoms with Crippen molar-refractivity contribution in [3.63, 3.8) is 0 Å². The van der Waals surface area contributed by atoms with Gasteiger partial charge in [-0.15, -0.1) is 0 Å². The molecule has 5 nitrogen and oxygen atoms in total. The highest BCUT2D eigenvalue weighted by Crippen LogP contribution is 2.09. The van der Waals surface area contributed by atoms with Gasteiger partial charge in [-0.05, 0) is 24.3 Å². The second kappa shape index (κ2) is 6.39. The molecular weight excluding hydrogens is 244 g/mol. The lowest BCUT2D eigenvalue weighted by atomic mass is 10.3. The van der Waals surface area contributed by atoms with Crippen LogP contribution in [0.2, 0.25) is 0 Å². The van der Waals surface area contributed by atoms with Crippen LogP contribution < -0.4 is 5.32 Å². The van der Waals surface area contributed by atoms with Crippen LogP contribution in [0.4, 0.5) is 5.69 Å². The van der Waals surface area contributed by atoms with Crippen molar-refractivity contribution in [2.45, 2.75) is 6.42 Å². The average molecular weight is 258 g/mol. The molecule has 0 spiro atoms. The van der Waals surface area contributed by atoms with Crippen molar-refractivity contribution < 1.29 is 14.3 Å². The first-order valence-electron chi connectivity index (χ1n) is 5.89. The van der Waals surface area contributed by atoms with E-state index < -0.39 is 0 Å². The zero-order chi connectivity index (χ0) is 13.5. The number of hydrogen-bond donors (Lipinski definition) is 2. The van der Waals surface area contributed by atoms with Gasteiger partial charge in [0.2, 0.25) is 0 Å². The van der Waals surface area contributed by atoms with Gasteiger partial charge in [-0.3, -0.25) is 9.59 Å². The molecule has 1 aromatic carbocycles. The normalized spacial score (nSPS) is 9.89. The van der Waals surface area contributed by atoms with Crippen molar-refractivity contribution in [1.82, 2.24) is 4.98 Å². The zero-order valence-corrected chi connectivity index (χ0v) is 10.3. The summed E-state index contributed by atoms with van der Waals surface area (Å²) in [7, 11) is 0. The SMILES string of the molecule is O=COCCc1ccc(C(=O)Nc2ccccc2)[nH]1. The first kappa shape index (κ1) is 12.9. The number of amides is 1. The Kier molecular flexibility index (Phi) is 4.34. The standard InChI is InChI=1S/C14H14N2O3/c17-10-19-9-8-12-6-7-13(15-12)14(18)16-11-4-2-1-3-5-11/h1-7,10,15H,8-9H2,(H,16,18). The first-order valence-corrected chi connectivity index (χ1v) is 5.89. The second-order valence-corrected chi connectivity index (χ2v) is 3.93. The van der Waals surface area contributed by atoms with Gasteiger partial charge in [0.25, 0.3) is 12.4 Å². The molecule has 0 aliphatic carbocycles. The largest absolute Gasteiger partial charge is 0.467 e. The molecule has 1 amide bonds. The van der Waals surface area contributed by atoms with Crippen molar-refractivity contribution in [3.8, 4) is 0 Å². The molecule has 5 heteroatoms. The van der Waals surface area contributed by atoms with E-state index in [1.165, 1.54) is 0 Å². The minimum atomic E-state index is -0.200. The van der Waals surface area contributed by atoms with E-state index in [1.54, 1.807) is 12.1 Å². The topological polar surface area (TPSA) is 71.2 Å². The number of para-hydroxylation sites is 1. The molecule has 98 valence electrons. The van der Waals surface area contributed by atoms with Gasteiger partial charge in [-0.1, -0.05) is 18.2 Å². The first-order chi connectivity index (χ1) is 9.29. The van der Waals surface area contributed by atoms with Crippen molar-refractivity contribution in [1.29, 1.82) is 0 Å². The third-order valence-electron chi connectivity index (χ3n) is 2.58. The number of carbonyl (C=O) groups is 2. The minimum absolute atomic E-state index is 0.200. The molecule has 0 aliphatic heterocycles. The number of aromatic amines is 1. The van der Waals surface area contributed by atoms with Gasteiger partial charge in [0, 0.05) is 17.8 Å². The van der Waals surface area contributed by atoms with Crippen LogP contribution in [0.25, 0.3) is 0 Å². The lowest BCUT2D eigenvalue weighted by Crippen LogP contribution is -2.12. The molecule has 2 N–H and O–H groups in total. The molecule has 19 heavy (non-hydrogen) atoms. The van der Waals surface area contributed by atoms with Gasteiger partial charge in [0.05, 0.1) is 6.61 Å². The predicted molar refractivity (Wildman–Crippen MR) is 70.9 cm³/mol. The third kappa shape index (κ3) is 3.70. The second-order valence-electron chi connectivity index (χ2n) is 3.93. The van der Waals surface area contributed by atoms with Gasteiger partial charge in [0.15, 0.2) is 0 Å². The number of anilines is 1. The summed E-state index contributed by atoms with van der Waals surface area (Å²) >= 11 is 0. The zero-order valence-electron chi connectivity index (χ0n) is 10.3. The number of nitrogens with one attached hydrogen (secondary N) is 2. The Morgan fingerprint density at radius 3 is 2.74 bits per heavy atom. The summed E-state index contributed by atoms with van der Waals surface area (Å²) in [5.74, 6) is -0.200. The fourth-order valence-corrected chi connectivity index (χ4v) is 1.66. The number of benzene rings is 1. The number of carbonyl (C=O) groups excluding carboxylic acids is 2. The maximum Gasteiger partial charge on any atom is 0.293 e. The van der Waals surface area contributed by atoms with E-state index in [1.807, 2.05) is 30.3 Å². The summed E-state index contributed by atoms with van der Waals surface area (Å²) in [4.78, 5) is 24.9. The summed E-state index contributed by atoms with van der Waals surface area (Å²) in [6.07, 6.45) is 0.553. The molecule has 2 rings (SSSR count). The Bertz CT molecular complexity index is 549. The van der Waals surface area contributed by atoms with Crippen LogP contribution in [0.5, 0.6) is 0 Å². The maximum atomic E-state index is 11.9. The Morgan fingerprint density at radius 1 is 1.21 bits per heavy atom. The van der Waals surface area contributed by atoms with E-state index in [0.29, 0.717) is 25.2 Å². The van der Waals surface area contributed by atoms with Gasteiger partial charge in [-0.2, -0.15) is 0 Å². The van der Waals surface area contributed by atoms with E-state index in [2.05, 4.69) is 15.0 Å².